The van der Waals surface area contributed by atoms with E-state index in [-0.39, 0.29) is 19.2 Å². The molecule has 1 heterocycles. The normalized spacial score (nSPS) is 9.88. The van der Waals surface area contributed by atoms with E-state index in [1.807, 2.05) is 0 Å². The number of hydrogen-bond donors (Lipinski definition) is 2. The molecule has 0 unspecified atom stereocenters. The maximum absolute atomic E-state index is 11.7. The molecule has 1 aromatic rings. The number of nitrogens with one attached hydrogen (secondary N) is 1. The van der Waals surface area contributed by atoms with Crippen LogP contribution in [0.4, 0.5) is 10.5 Å². The van der Waals surface area contributed by atoms with Gasteiger partial charge in [0.25, 0.3) is 0 Å². The first-order valence-electron chi connectivity index (χ1n) is 4.93. The highest BCUT2D eigenvalue weighted by molar-refractivity contribution is 5.89. The van der Waals surface area contributed by atoms with Crippen LogP contribution in [0.1, 0.15) is 0 Å². The van der Waals surface area contributed by atoms with E-state index >= 15 is 0 Å². The van der Waals surface area contributed by atoms with E-state index in [0.29, 0.717) is 12.2 Å². The zero-order valence-corrected chi connectivity index (χ0v) is 9.26. The van der Waals surface area contributed by atoms with E-state index in [9.17, 15) is 4.79 Å². The van der Waals surface area contributed by atoms with Gasteiger partial charge in [0.15, 0.2) is 0 Å². The summed E-state index contributed by atoms with van der Waals surface area (Å²) >= 11 is 0. The smallest absolute Gasteiger partial charge is 0.322 e. The molecule has 0 aliphatic carbocycles. The third-order valence-electron chi connectivity index (χ3n) is 1.96. The summed E-state index contributed by atoms with van der Waals surface area (Å²) in [6, 6.07) is -0.276. The van der Waals surface area contributed by atoms with Crippen LogP contribution in [0, 0.1) is 0 Å². The summed E-state index contributed by atoms with van der Waals surface area (Å²) in [7, 11) is 1.77. The molecule has 16 heavy (non-hydrogen) atoms. The van der Waals surface area contributed by atoms with Crippen molar-refractivity contribution in [2.24, 2.45) is 7.05 Å². The first-order valence-corrected chi connectivity index (χ1v) is 4.93. The van der Waals surface area contributed by atoms with Crippen LogP contribution in [-0.4, -0.2) is 45.5 Å². The van der Waals surface area contributed by atoms with Crippen molar-refractivity contribution >= 4 is 11.7 Å². The minimum Gasteiger partial charge on any atom is -0.395 e. The third-order valence-corrected chi connectivity index (χ3v) is 1.96. The zero-order chi connectivity index (χ0) is 12.0. The molecule has 2 N–H and O–H groups in total. The monoisotopic (exact) mass is 224 g/mol. The lowest BCUT2D eigenvalue weighted by atomic mass is 10.4. The number of hydrogen-bond acceptors (Lipinski definition) is 3. The maximum Gasteiger partial charge on any atom is 0.322 e. The van der Waals surface area contributed by atoms with Crippen LogP contribution in [0.3, 0.4) is 0 Å². The Morgan fingerprint density at radius 1 is 1.81 bits per heavy atom. The number of aryl methyl sites for hydroxylation is 1. The van der Waals surface area contributed by atoms with Crippen LogP contribution < -0.4 is 5.32 Å². The molecule has 0 radical (unpaired) electrons. The Hall–Kier alpha value is -1.82. The number of rotatable bonds is 5. The topological polar surface area (TPSA) is 70.4 Å². The summed E-state index contributed by atoms with van der Waals surface area (Å²) in [5, 5.41) is 15.4. The lowest BCUT2D eigenvalue weighted by Crippen LogP contribution is -2.37. The summed E-state index contributed by atoms with van der Waals surface area (Å²) < 4.78 is 1.60. The van der Waals surface area contributed by atoms with Crippen molar-refractivity contribution < 1.29 is 9.90 Å². The number of aromatic nitrogens is 2. The fourth-order valence-corrected chi connectivity index (χ4v) is 1.24. The Morgan fingerprint density at radius 2 is 2.56 bits per heavy atom. The Kier molecular flexibility index (Phi) is 4.53. The van der Waals surface area contributed by atoms with Crippen LogP contribution in [-0.2, 0) is 7.05 Å². The van der Waals surface area contributed by atoms with Crippen molar-refractivity contribution in [2.45, 2.75) is 0 Å². The first kappa shape index (κ1) is 12.3. The van der Waals surface area contributed by atoms with E-state index in [0.717, 1.165) is 0 Å². The molecule has 0 aliphatic rings. The number of urea groups is 1. The van der Waals surface area contributed by atoms with Crippen molar-refractivity contribution in [3.05, 3.63) is 25.0 Å². The number of amides is 2. The lowest BCUT2D eigenvalue weighted by molar-refractivity contribution is 0.195. The lowest BCUT2D eigenvalue weighted by Gasteiger charge is -2.19. The number of carbonyl (C=O) groups excluding carboxylic acids is 1. The Bertz CT molecular complexity index is 361. The van der Waals surface area contributed by atoms with Crippen LogP contribution in [0.2, 0.25) is 0 Å². The predicted molar refractivity (Wildman–Crippen MR) is 61.1 cm³/mol. The SMILES string of the molecule is C=CCN(CCO)C(=O)Nc1cnn(C)c1. The number of aliphatic hydroxyl groups is 1. The maximum atomic E-state index is 11.7. The summed E-state index contributed by atoms with van der Waals surface area (Å²) in [6.07, 6.45) is 4.87. The molecule has 0 atom stereocenters. The largest absolute Gasteiger partial charge is 0.395 e. The van der Waals surface area contributed by atoms with Crippen LogP contribution in [0.5, 0.6) is 0 Å². The molecular formula is C10H16N4O2. The van der Waals surface area contributed by atoms with Gasteiger partial charge in [-0.1, -0.05) is 6.08 Å². The van der Waals surface area contributed by atoms with Gasteiger partial charge in [-0.05, 0) is 0 Å². The molecule has 0 aliphatic heterocycles. The number of nitrogens with zero attached hydrogens (tertiary/aromatic N) is 3. The fourth-order valence-electron chi connectivity index (χ4n) is 1.24. The van der Waals surface area contributed by atoms with Gasteiger partial charge in [-0.25, -0.2) is 4.79 Å². The second-order valence-corrected chi connectivity index (χ2v) is 3.29. The van der Waals surface area contributed by atoms with E-state index in [2.05, 4.69) is 17.0 Å². The molecule has 6 nitrogen and oxygen atoms in total. The molecule has 0 fully saturated rings. The Labute approximate surface area is 94.2 Å². The summed E-state index contributed by atoms with van der Waals surface area (Å²) in [5.41, 5.74) is 0.625. The fraction of sp³-hybridized carbons (Fsp3) is 0.400. The van der Waals surface area contributed by atoms with E-state index < -0.39 is 0 Å². The minimum atomic E-state index is -0.276. The van der Waals surface area contributed by atoms with Gasteiger partial charge in [-0.2, -0.15) is 5.10 Å². The van der Waals surface area contributed by atoms with Crippen molar-refractivity contribution in [3.8, 4) is 0 Å². The van der Waals surface area contributed by atoms with Crippen molar-refractivity contribution in [1.82, 2.24) is 14.7 Å². The molecule has 0 spiro atoms. The molecule has 1 aromatic heterocycles. The van der Waals surface area contributed by atoms with Gasteiger partial charge < -0.3 is 15.3 Å². The molecule has 0 saturated carbocycles. The highest BCUT2D eigenvalue weighted by Crippen LogP contribution is 2.05. The number of anilines is 1. The number of carbonyl (C=O) groups is 1. The first-order chi connectivity index (χ1) is 7.67. The second-order valence-electron chi connectivity index (χ2n) is 3.29. The Balaban J connectivity index is 2.57. The van der Waals surface area contributed by atoms with Crippen molar-refractivity contribution in [1.29, 1.82) is 0 Å². The quantitative estimate of drug-likeness (QED) is 0.713. The van der Waals surface area contributed by atoms with Gasteiger partial charge in [0.2, 0.25) is 0 Å². The van der Waals surface area contributed by atoms with Crippen LogP contribution in [0.15, 0.2) is 25.0 Å². The summed E-state index contributed by atoms with van der Waals surface area (Å²) in [4.78, 5) is 13.2. The predicted octanol–water partition coefficient (Wildman–Crippen LogP) is 0.432. The molecule has 6 heteroatoms. The van der Waals surface area contributed by atoms with Gasteiger partial charge in [-0.3, -0.25) is 4.68 Å². The highest BCUT2D eigenvalue weighted by Gasteiger charge is 2.11. The van der Waals surface area contributed by atoms with Gasteiger partial charge in [-0.15, -0.1) is 6.58 Å². The van der Waals surface area contributed by atoms with Crippen molar-refractivity contribution in [3.63, 3.8) is 0 Å². The van der Waals surface area contributed by atoms with Gasteiger partial charge in [0.05, 0.1) is 18.5 Å². The van der Waals surface area contributed by atoms with Gasteiger partial charge in [0.1, 0.15) is 0 Å². The van der Waals surface area contributed by atoms with Gasteiger partial charge >= 0.3 is 6.03 Å². The molecule has 88 valence electrons. The summed E-state index contributed by atoms with van der Waals surface area (Å²) in [6.45, 7) is 4.15. The molecule has 0 aromatic carbocycles. The molecule has 1 rings (SSSR count). The van der Waals surface area contributed by atoms with E-state index in [4.69, 9.17) is 5.11 Å². The van der Waals surface area contributed by atoms with Crippen LogP contribution >= 0.6 is 0 Å². The average Bonchev–Trinajstić information content (AvgIpc) is 2.63. The standard InChI is InChI=1S/C10H16N4O2/c1-3-4-14(5-6-15)10(16)12-9-7-11-13(2)8-9/h3,7-8,15H,1,4-6H2,2H3,(H,12,16). The molecular weight excluding hydrogens is 208 g/mol. The van der Waals surface area contributed by atoms with Crippen LogP contribution in [0.25, 0.3) is 0 Å². The molecule has 2 amide bonds. The van der Waals surface area contributed by atoms with E-state index in [1.165, 1.54) is 4.90 Å². The second kappa shape index (κ2) is 5.92. The van der Waals surface area contributed by atoms with E-state index in [1.54, 1.807) is 30.2 Å². The summed E-state index contributed by atoms with van der Waals surface area (Å²) in [5.74, 6) is 0. The Morgan fingerprint density at radius 3 is 3.06 bits per heavy atom. The zero-order valence-electron chi connectivity index (χ0n) is 9.26. The van der Waals surface area contributed by atoms with Crippen molar-refractivity contribution in [2.75, 3.05) is 25.0 Å². The molecule has 0 saturated heterocycles. The highest BCUT2D eigenvalue weighted by atomic mass is 16.3. The molecule has 0 bridgehead atoms. The third kappa shape index (κ3) is 3.39. The minimum absolute atomic E-state index is 0.0751. The van der Waals surface area contributed by atoms with Gasteiger partial charge in [0, 0.05) is 26.3 Å². The number of aliphatic hydroxyl groups excluding tert-OH is 1. The average molecular weight is 224 g/mol.